The summed E-state index contributed by atoms with van der Waals surface area (Å²) in [5, 5.41) is 15.8. The van der Waals surface area contributed by atoms with Gasteiger partial charge in [-0.25, -0.2) is 4.79 Å². The number of hydrogen-bond acceptors (Lipinski definition) is 4. The summed E-state index contributed by atoms with van der Waals surface area (Å²) >= 11 is 0. The largest absolute Gasteiger partial charge is 0.480 e. The molecule has 1 aromatic rings. The molecule has 0 heterocycles. The normalized spacial score (nSPS) is 13.3. The number of carbonyl (C=O) groups is 1. The average molecular weight is 264 g/mol. The Morgan fingerprint density at radius 3 is 2.74 bits per heavy atom. The Labute approximate surface area is 110 Å². The predicted molar refractivity (Wildman–Crippen MR) is 69.6 cm³/mol. The number of azide groups is 1. The highest BCUT2D eigenvalue weighted by Crippen LogP contribution is 2.22. The van der Waals surface area contributed by atoms with Crippen molar-refractivity contribution in [3.05, 3.63) is 46.3 Å². The molecule has 0 aliphatic heterocycles. The topological polar surface area (TPSA) is 107 Å². The lowest BCUT2D eigenvalue weighted by atomic mass is 9.90. The quantitative estimate of drug-likeness (QED) is 0.321. The van der Waals surface area contributed by atoms with Crippen molar-refractivity contribution in [1.82, 2.24) is 5.32 Å². The molecule has 0 saturated carbocycles. The van der Waals surface area contributed by atoms with Gasteiger partial charge in [-0.1, -0.05) is 35.4 Å². The predicted octanol–water partition coefficient (Wildman–Crippen LogP) is 1.51. The van der Waals surface area contributed by atoms with Gasteiger partial charge in [-0.3, -0.25) is 5.32 Å². The summed E-state index contributed by atoms with van der Waals surface area (Å²) in [6, 6.07) is 8.76. The minimum absolute atomic E-state index is 0.0252. The van der Waals surface area contributed by atoms with E-state index in [1.807, 2.05) is 6.07 Å². The van der Waals surface area contributed by atoms with Crippen molar-refractivity contribution in [3.8, 4) is 0 Å². The maximum absolute atomic E-state index is 11.6. The number of hydrogen-bond donors (Lipinski definition) is 2. The zero-order valence-corrected chi connectivity index (χ0v) is 10.6. The van der Waals surface area contributed by atoms with Gasteiger partial charge < -0.3 is 9.84 Å². The van der Waals surface area contributed by atoms with Crippen LogP contribution in [0.5, 0.6) is 0 Å². The lowest BCUT2D eigenvalue weighted by Gasteiger charge is -2.30. The summed E-state index contributed by atoms with van der Waals surface area (Å²) in [4.78, 5) is 14.3. The fraction of sp³-hybridized carbons (Fsp3) is 0.417. The molecule has 0 bridgehead atoms. The van der Waals surface area contributed by atoms with Crippen molar-refractivity contribution in [1.29, 1.82) is 0 Å². The lowest BCUT2D eigenvalue weighted by Crippen LogP contribution is -2.53. The number of ether oxygens (including phenoxy) is 1. The van der Waals surface area contributed by atoms with Crippen molar-refractivity contribution in [3.63, 3.8) is 0 Å². The molecule has 1 atom stereocenters. The van der Waals surface area contributed by atoms with Gasteiger partial charge in [-0.05, 0) is 11.1 Å². The molecule has 0 aromatic heterocycles. The first-order valence-electron chi connectivity index (χ1n) is 5.71. The molecule has 0 radical (unpaired) electrons. The fourth-order valence-electron chi connectivity index (χ4n) is 1.80. The third kappa shape index (κ3) is 3.69. The van der Waals surface area contributed by atoms with E-state index in [9.17, 15) is 9.90 Å². The average Bonchev–Trinajstić information content (AvgIpc) is 2.43. The van der Waals surface area contributed by atoms with E-state index < -0.39 is 11.5 Å². The van der Waals surface area contributed by atoms with Crippen LogP contribution < -0.4 is 5.32 Å². The van der Waals surface area contributed by atoms with Crippen LogP contribution in [0.3, 0.4) is 0 Å². The maximum Gasteiger partial charge on any atom is 0.331 e. The molecule has 7 heteroatoms. The highest BCUT2D eigenvalue weighted by atomic mass is 16.5. The molecule has 1 aromatic carbocycles. The van der Waals surface area contributed by atoms with Crippen LogP contribution in [0, 0.1) is 0 Å². The number of aliphatic carboxylic acids is 1. The van der Waals surface area contributed by atoms with E-state index >= 15 is 0 Å². The zero-order chi connectivity index (χ0) is 14.1. The number of nitrogens with one attached hydrogen (secondary N) is 1. The molecule has 0 aliphatic rings. The fourth-order valence-corrected chi connectivity index (χ4v) is 1.80. The van der Waals surface area contributed by atoms with Crippen molar-refractivity contribution in [2.24, 2.45) is 5.11 Å². The Hall–Kier alpha value is -2.08. The number of benzene rings is 1. The maximum atomic E-state index is 11.6. The van der Waals surface area contributed by atoms with E-state index in [0.717, 1.165) is 0 Å². The second-order valence-electron chi connectivity index (χ2n) is 3.89. The van der Waals surface area contributed by atoms with Crippen LogP contribution in [-0.4, -0.2) is 37.9 Å². The van der Waals surface area contributed by atoms with Crippen LogP contribution in [0.2, 0.25) is 0 Å². The van der Waals surface area contributed by atoms with Crippen LogP contribution in [0.4, 0.5) is 0 Å². The third-order valence-electron chi connectivity index (χ3n) is 2.69. The van der Waals surface area contributed by atoms with Crippen molar-refractivity contribution >= 4 is 5.97 Å². The summed E-state index contributed by atoms with van der Waals surface area (Å²) in [6.07, 6.45) is 0. The van der Waals surface area contributed by atoms with Gasteiger partial charge in [0.2, 0.25) is 0 Å². The Morgan fingerprint density at radius 2 is 2.21 bits per heavy atom. The molecule has 0 spiro atoms. The summed E-state index contributed by atoms with van der Waals surface area (Å²) in [5.74, 6) is -1.04. The molecule has 7 nitrogen and oxygen atoms in total. The minimum Gasteiger partial charge on any atom is -0.480 e. The van der Waals surface area contributed by atoms with E-state index in [2.05, 4.69) is 15.3 Å². The van der Waals surface area contributed by atoms with E-state index in [0.29, 0.717) is 5.56 Å². The van der Waals surface area contributed by atoms with Crippen LogP contribution in [-0.2, 0) is 15.1 Å². The van der Waals surface area contributed by atoms with Crippen molar-refractivity contribution in [2.45, 2.75) is 5.54 Å². The van der Waals surface area contributed by atoms with Gasteiger partial charge in [0.25, 0.3) is 0 Å². The summed E-state index contributed by atoms with van der Waals surface area (Å²) in [7, 11) is 1.44. The van der Waals surface area contributed by atoms with Gasteiger partial charge in [0.15, 0.2) is 5.54 Å². The molecule has 0 aliphatic carbocycles. The van der Waals surface area contributed by atoms with Gasteiger partial charge in [0, 0.05) is 25.1 Å². The number of rotatable bonds is 8. The van der Waals surface area contributed by atoms with E-state index in [1.165, 1.54) is 7.11 Å². The third-order valence-corrected chi connectivity index (χ3v) is 2.69. The Balaban J connectivity index is 3.00. The van der Waals surface area contributed by atoms with Gasteiger partial charge in [0.05, 0.1) is 6.61 Å². The lowest BCUT2D eigenvalue weighted by molar-refractivity contribution is -0.148. The first-order valence-corrected chi connectivity index (χ1v) is 5.71. The zero-order valence-electron chi connectivity index (χ0n) is 10.6. The molecule has 19 heavy (non-hydrogen) atoms. The second-order valence-corrected chi connectivity index (χ2v) is 3.89. The number of carboxylic acids is 1. The van der Waals surface area contributed by atoms with Gasteiger partial charge >= 0.3 is 5.97 Å². The molecular formula is C12H16N4O3. The highest BCUT2D eigenvalue weighted by Gasteiger charge is 2.39. The molecule has 102 valence electrons. The van der Waals surface area contributed by atoms with Crippen LogP contribution in [0.1, 0.15) is 5.56 Å². The molecule has 0 amide bonds. The van der Waals surface area contributed by atoms with Gasteiger partial charge in [-0.2, -0.15) is 0 Å². The van der Waals surface area contributed by atoms with Crippen LogP contribution in [0.15, 0.2) is 35.4 Å². The highest BCUT2D eigenvalue weighted by molar-refractivity contribution is 5.81. The minimum atomic E-state index is -1.35. The summed E-state index contributed by atoms with van der Waals surface area (Å²) < 4.78 is 5.03. The second kappa shape index (κ2) is 7.38. The number of carboxylic acid groups (broad SMARTS) is 1. The Bertz CT molecular complexity index is 459. The smallest absolute Gasteiger partial charge is 0.331 e. The van der Waals surface area contributed by atoms with E-state index in [4.69, 9.17) is 10.3 Å². The first-order chi connectivity index (χ1) is 9.17. The van der Waals surface area contributed by atoms with Crippen molar-refractivity contribution in [2.75, 3.05) is 26.8 Å². The Kier molecular flexibility index (Phi) is 5.81. The van der Waals surface area contributed by atoms with Crippen LogP contribution >= 0.6 is 0 Å². The van der Waals surface area contributed by atoms with E-state index in [-0.39, 0.29) is 19.7 Å². The standard InChI is InChI=1S/C12H16N4O3/c1-19-9-12(11(17)18,14-7-8-15-16-13)10-5-3-2-4-6-10/h2-6,14H,7-9H2,1H3,(H,17,18). The monoisotopic (exact) mass is 264 g/mol. The molecule has 0 fully saturated rings. The Morgan fingerprint density at radius 1 is 1.53 bits per heavy atom. The molecule has 1 unspecified atom stereocenters. The van der Waals surface area contributed by atoms with Crippen molar-refractivity contribution < 1.29 is 14.6 Å². The molecule has 1 rings (SSSR count). The molecule has 2 N–H and O–H groups in total. The summed E-state index contributed by atoms with van der Waals surface area (Å²) in [6.45, 7) is 0.388. The first kappa shape index (κ1) is 15.0. The van der Waals surface area contributed by atoms with Gasteiger partial charge in [-0.15, -0.1) is 0 Å². The van der Waals surface area contributed by atoms with Crippen LogP contribution in [0.25, 0.3) is 10.4 Å². The van der Waals surface area contributed by atoms with E-state index in [1.54, 1.807) is 24.3 Å². The molecular weight excluding hydrogens is 248 g/mol. The number of nitrogens with zero attached hydrogens (tertiary/aromatic N) is 3. The molecule has 0 saturated heterocycles. The summed E-state index contributed by atoms with van der Waals surface area (Å²) in [5.41, 5.74) is 7.46. The number of methoxy groups -OCH3 is 1. The SMILES string of the molecule is COCC(NCCN=[N+]=[N-])(C(=O)O)c1ccccc1. The van der Waals surface area contributed by atoms with Gasteiger partial charge in [0.1, 0.15) is 0 Å².